The van der Waals surface area contributed by atoms with Crippen LogP contribution >= 0.6 is 0 Å². The highest BCUT2D eigenvalue weighted by Crippen LogP contribution is 2.48. The van der Waals surface area contributed by atoms with Crippen LogP contribution in [0.25, 0.3) is 0 Å². The van der Waals surface area contributed by atoms with E-state index in [9.17, 15) is 13.2 Å². The van der Waals surface area contributed by atoms with Gasteiger partial charge in [-0.3, -0.25) is 13.9 Å². The van der Waals surface area contributed by atoms with E-state index in [4.69, 9.17) is 8.92 Å². The zero-order chi connectivity index (χ0) is 16.9. The van der Waals surface area contributed by atoms with Gasteiger partial charge in [0.2, 0.25) is 0 Å². The predicted molar refractivity (Wildman–Crippen MR) is 85.8 cm³/mol. The Balaban J connectivity index is 1.68. The van der Waals surface area contributed by atoms with Gasteiger partial charge in [0, 0.05) is 19.0 Å². The van der Waals surface area contributed by atoms with Crippen molar-refractivity contribution in [3.8, 4) is 0 Å². The van der Waals surface area contributed by atoms with Crippen molar-refractivity contribution >= 4 is 16.1 Å². The van der Waals surface area contributed by atoms with Crippen LogP contribution in [0.15, 0.2) is 29.2 Å². The van der Waals surface area contributed by atoms with E-state index in [1.165, 1.54) is 0 Å². The summed E-state index contributed by atoms with van der Waals surface area (Å²) in [5.41, 5.74) is 0.135. The van der Waals surface area contributed by atoms with Gasteiger partial charge in [-0.15, -0.1) is 0 Å². The quantitative estimate of drug-likeness (QED) is 0.607. The van der Waals surface area contributed by atoms with E-state index >= 15 is 0 Å². The molecule has 3 aliphatic heterocycles. The molecule has 3 aliphatic rings. The SMILES string of the molecule is Cc1ccc(S(=O)(=O)O[C@H]2[C@H]3CCCN3C[C@]23CCOC3=O)cc1. The molecule has 1 aromatic carbocycles. The number of carbonyl (C=O) groups is 1. The van der Waals surface area contributed by atoms with Crippen LogP contribution in [0, 0.1) is 12.3 Å². The number of ether oxygens (including phenoxy) is 1. The van der Waals surface area contributed by atoms with Gasteiger partial charge in [0.05, 0.1) is 11.5 Å². The summed E-state index contributed by atoms with van der Waals surface area (Å²) in [5, 5.41) is 0. The Morgan fingerprint density at radius 2 is 2.04 bits per heavy atom. The van der Waals surface area contributed by atoms with Gasteiger partial charge in [0.1, 0.15) is 11.5 Å². The van der Waals surface area contributed by atoms with E-state index in [0.717, 1.165) is 24.9 Å². The summed E-state index contributed by atoms with van der Waals surface area (Å²) in [5.74, 6) is -0.319. The second-order valence-electron chi connectivity index (χ2n) is 7.01. The average Bonchev–Trinajstić information content (AvgIpc) is 3.20. The van der Waals surface area contributed by atoms with Crippen molar-refractivity contribution in [1.82, 2.24) is 4.90 Å². The fraction of sp³-hybridized carbons (Fsp3) is 0.588. The lowest BCUT2D eigenvalue weighted by Gasteiger charge is -2.28. The highest BCUT2D eigenvalue weighted by atomic mass is 32.2. The highest BCUT2D eigenvalue weighted by molar-refractivity contribution is 7.86. The van der Waals surface area contributed by atoms with Crippen molar-refractivity contribution in [1.29, 1.82) is 0 Å². The molecule has 130 valence electrons. The van der Waals surface area contributed by atoms with Crippen LogP contribution in [-0.2, 0) is 23.8 Å². The van der Waals surface area contributed by atoms with Gasteiger partial charge in [0.25, 0.3) is 10.1 Å². The van der Waals surface area contributed by atoms with Gasteiger partial charge in [-0.2, -0.15) is 8.42 Å². The third kappa shape index (κ3) is 2.37. The molecule has 3 heterocycles. The number of aryl methyl sites for hydroxylation is 1. The number of esters is 1. The molecular formula is C17H21NO5S. The first-order valence-electron chi connectivity index (χ1n) is 8.34. The molecule has 6 nitrogen and oxygen atoms in total. The summed E-state index contributed by atoms with van der Waals surface area (Å²) in [6.45, 7) is 3.65. The summed E-state index contributed by atoms with van der Waals surface area (Å²) in [6.07, 6.45) is 1.71. The second kappa shape index (κ2) is 5.54. The van der Waals surface area contributed by atoms with Crippen LogP contribution in [0.2, 0.25) is 0 Å². The molecule has 0 aromatic heterocycles. The standard InChI is InChI=1S/C17H21NO5S/c1-12-4-6-13(7-5-12)24(20,21)23-15-14-3-2-9-18(14)11-17(15)8-10-22-16(17)19/h4-7,14-15H,2-3,8-11H2,1H3/t14-,15+,17-/m1/s1. The molecule has 4 rings (SSSR count). The van der Waals surface area contributed by atoms with Crippen LogP contribution < -0.4 is 0 Å². The molecule has 0 unspecified atom stereocenters. The Morgan fingerprint density at radius 1 is 1.29 bits per heavy atom. The van der Waals surface area contributed by atoms with Gasteiger partial charge in [-0.1, -0.05) is 17.7 Å². The van der Waals surface area contributed by atoms with E-state index < -0.39 is 21.6 Å². The zero-order valence-corrected chi connectivity index (χ0v) is 14.4. The minimum atomic E-state index is -3.92. The monoisotopic (exact) mass is 351 g/mol. The number of carbonyl (C=O) groups excluding carboxylic acids is 1. The maximum atomic E-state index is 12.7. The first-order valence-corrected chi connectivity index (χ1v) is 9.74. The predicted octanol–water partition coefficient (Wildman–Crippen LogP) is 1.48. The third-order valence-corrected chi connectivity index (χ3v) is 6.83. The largest absolute Gasteiger partial charge is 0.465 e. The lowest BCUT2D eigenvalue weighted by molar-refractivity contribution is -0.148. The van der Waals surface area contributed by atoms with Gasteiger partial charge >= 0.3 is 5.97 Å². The van der Waals surface area contributed by atoms with Crippen molar-refractivity contribution in [2.75, 3.05) is 19.7 Å². The lowest BCUT2D eigenvalue weighted by Crippen LogP contribution is -2.44. The minimum absolute atomic E-state index is 0.0316. The molecule has 24 heavy (non-hydrogen) atoms. The molecule has 0 saturated carbocycles. The lowest BCUT2D eigenvalue weighted by atomic mass is 9.80. The van der Waals surface area contributed by atoms with Crippen molar-refractivity contribution in [2.45, 2.75) is 43.2 Å². The summed E-state index contributed by atoms with van der Waals surface area (Å²) in [6, 6.07) is 6.55. The van der Waals surface area contributed by atoms with E-state index in [0.29, 0.717) is 19.6 Å². The van der Waals surface area contributed by atoms with E-state index in [1.807, 2.05) is 6.92 Å². The summed E-state index contributed by atoms with van der Waals surface area (Å²) in [7, 11) is -3.92. The van der Waals surface area contributed by atoms with Crippen molar-refractivity contribution in [3.63, 3.8) is 0 Å². The number of hydrogen-bond acceptors (Lipinski definition) is 6. The number of rotatable bonds is 3. The maximum absolute atomic E-state index is 12.7. The number of hydrogen-bond donors (Lipinski definition) is 0. The number of benzene rings is 1. The van der Waals surface area contributed by atoms with Gasteiger partial charge < -0.3 is 4.74 Å². The molecule has 0 bridgehead atoms. The molecule has 3 saturated heterocycles. The smallest absolute Gasteiger partial charge is 0.316 e. The van der Waals surface area contributed by atoms with Crippen molar-refractivity contribution in [2.24, 2.45) is 5.41 Å². The molecule has 0 N–H and O–H groups in total. The molecular weight excluding hydrogens is 330 g/mol. The fourth-order valence-electron chi connectivity index (χ4n) is 4.24. The highest BCUT2D eigenvalue weighted by Gasteiger charge is 2.63. The van der Waals surface area contributed by atoms with Crippen LogP contribution in [0.4, 0.5) is 0 Å². The molecule has 0 aliphatic carbocycles. The molecule has 1 aromatic rings. The number of fused-ring (bicyclic) bond motifs is 1. The second-order valence-corrected chi connectivity index (χ2v) is 8.58. The van der Waals surface area contributed by atoms with Crippen LogP contribution in [0.5, 0.6) is 0 Å². The minimum Gasteiger partial charge on any atom is -0.465 e. The Hall–Kier alpha value is -1.44. The van der Waals surface area contributed by atoms with Gasteiger partial charge in [0.15, 0.2) is 0 Å². The fourth-order valence-corrected chi connectivity index (χ4v) is 5.40. The number of nitrogens with zero attached hydrogens (tertiary/aromatic N) is 1. The third-order valence-electron chi connectivity index (χ3n) is 5.52. The zero-order valence-electron chi connectivity index (χ0n) is 13.6. The van der Waals surface area contributed by atoms with Crippen LogP contribution in [0.1, 0.15) is 24.8 Å². The average molecular weight is 351 g/mol. The van der Waals surface area contributed by atoms with E-state index in [-0.39, 0.29) is 16.9 Å². The molecule has 0 amide bonds. The topological polar surface area (TPSA) is 72.9 Å². The summed E-state index contributed by atoms with van der Waals surface area (Å²) < 4.78 is 36.3. The summed E-state index contributed by atoms with van der Waals surface area (Å²) >= 11 is 0. The van der Waals surface area contributed by atoms with E-state index in [2.05, 4.69) is 4.90 Å². The molecule has 7 heteroatoms. The Morgan fingerprint density at radius 3 is 2.71 bits per heavy atom. The maximum Gasteiger partial charge on any atom is 0.316 e. The van der Waals surface area contributed by atoms with Gasteiger partial charge in [-0.05, 0) is 38.4 Å². The van der Waals surface area contributed by atoms with Crippen molar-refractivity contribution < 1.29 is 22.1 Å². The molecule has 3 fully saturated rings. The molecule has 0 radical (unpaired) electrons. The van der Waals surface area contributed by atoms with E-state index in [1.54, 1.807) is 24.3 Å². The van der Waals surface area contributed by atoms with Gasteiger partial charge in [-0.25, -0.2) is 0 Å². The number of cyclic esters (lactones) is 1. The Kier molecular flexibility index (Phi) is 3.71. The molecule has 3 atom stereocenters. The molecule has 1 spiro atoms. The van der Waals surface area contributed by atoms with Crippen molar-refractivity contribution in [3.05, 3.63) is 29.8 Å². The first kappa shape index (κ1) is 16.1. The Labute approximate surface area is 141 Å². The van der Waals surface area contributed by atoms with Crippen LogP contribution in [0.3, 0.4) is 0 Å². The Bertz CT molecular complexity index is 760. The first-order chi connectivity index (χ1) is 11.4. The van der Waals surface area contributed by atoms with Crippen LogP contribution in [-0.4, -0.2) is 51.1 Å². The summed E-state index contributed by atoms with van der Waals surface area (Å²) in [4.78, 5) is 14.7. The normalized spacial score (nSPS) is 33.1.